The Hall–Kier alpha value is -1.67. The molecule has 0 aliphatic carbocycles. The Bertz CT molecular complexity index is 637. The van der Waals surface area contributed by atoms with Crippen LogP contribution in [-0.4, -0.2) is 37.8 Å². The van der Waals surface area contributed by atoms with Crippen molar-refractivity contribution in [3.05, 3.63) is 28.3 Å². The first-order valence-electron chi connectivity index (χ1n) is 6.82. The van der Waals surface area contributed by atoms with Gasteiger partial charge < -0.3 is 5.32 Å². The lowest BCUT2D eigenvalue weighted by Crippen LogP contribution is -2.38. The molecule has 1 aromatic rings. The molecule has 116 valence electrons. The van der Waals surface area contributed by atoms with Crippen molar-refractivity contribution in [2.24, 2.45) is 5.92 Å². The van der Waals surface area contributed by atoms with Crippen LogP contribution in [0.15, 0.2) is 23.1 Å². The molecule has 0 aromatic heterocycles. The Morgan fingerprint density at radius 1 is 1.33 bits per heavy atom. The Morgan fingerprint density at radius 2 is 1.95 bits per heavy atom. The van der Waals surface area contributed by atoms with E-state index in [1.807, 2.05) is 0 Å². The van der Waals surface area contributed by atoms with Crippen molar-refractivity contribution in [3.63, 3.8) is 0 Å². The van der Waals surface area contributed by atoms with Crippen LogP contribution in [0.3, 0.4) is 0 Å². The number of sulfonamides is 1. The lowest BCUT2D eigenvalue weighted by molar-refractivity contribution is -0.387. The molecule has 0 atom stereocenters. The normalized spacial score (nSPS) is 17.6. The summed E-state index contributed by atoms with van der Waals surface area (Å²) in [7, 11) is -2.20. The molecule has 1 aliphatic heterocycles. The van der Waals surface area contributed by atoms with Gasteiger partial charge in [0.05, 0.1) is 4.92 Å². The molecular formula is C13H19N3O4S. The minimum Gasteiger partial charge on any atom is -0.388 e. The summed E-state index contributed by atoms with van der Waals surface area (Å²) in [6.45, 7) is 2.90. The van der Waals surface area contributed by atoms with Crippen LogP contribution >= 0.6 is 0 Å². The molecular weight excluding hydrogens is 294 g/mol. The van der Waals surface area contributed by atoms with Crippen molar-refractivity contribution < 1.29 is 13.3 Å². The van der Waals surface area contributed by atoms with Gasteiger partial charge in [-0.1, -0.05) is 6.92 Å². The first-order chi connectivity index (χ1) is 9.86. The summed E-state index contributed by atoms with van der Waals surface area (Å²) in [4.78, 5) is 10.3. The predicted octanol–water partition coefficient (Wildman–Crippen LogP) is 2.06. The summed E-state index contributed by atoms with van der Waals surface area (Å²) in [6.07, 6.45) is 1.56. The van der Waals surface area contributed by atoms with Gasteiger partial charge in [-0.3, -0.25) is 10.1 Å². The predicted molar refractivity (Wildman–Crippen MR) is 79.8 cm³/mol. The van der Waals surface area contributed by atoms with Gasteiger partial charge in [0.15, 0.2) is 4.90 Å². The van der Waals surface area contributed by atoms with Gasteiger partial charge in [-0.25, -0.2) is 8.42 Å². The molecule has 0 bridgehead atoms. The zero-order valence-electron chi connectivity index (χ0n) is 12.1. The number of nitro groups is 1. The highest BCUT2D eigenvalue weighted by Crippen LogP contribution is 2.31. The maximum atomic E-state index is 12.6. The van der Waals surface area contributed by atoms with Gasteiger partial charge >= 0.3 is 0 Å². The highest BCUT2D eigenvalue weighted by Gasteiger charge is 2.33. The highest BCUT2D eigenvalue weighted by molar-refractivity contribution is 7.89. The molecule has 0 unspecified atom stereocenters. The number of nitro benzene ring substituents is 1. The van der Waals surface area contributed by atoms with Gasteiger partial charge in [0.1, 0.15) is 0 Å². The largest absolute Gasteiger partial charge is 0.388 e. The highest BCUT2D eigenvalue weighted by atomic mass is 32.2. The second kappa shape index (κ2) is 5.98. The second-order valence-corrected chi connectivity index (χ2v) is 7.18. The van der Waals surface area contributed by atoms with Crippen LogP contribution < -0.4 is 5.32 Å². The van der Waals surface area contributed by atoms with Crippen LogP contribution in [0.25, 0.3) is 0 Å². The van der Waals surface area contributed by atoms with E-state index in [0.717, 1.165) is 12.8 Å². The maximum absolute atomic E-state index is 12.6. The number of nitrogens with zero attached hydrogens (tertiary/aromatic N) is 2. The number of hydrogen-bond donors (Lipinski definition) is 1. The molecule has 0 radical (unpaired) electrons. The van der Waals surface area contributed by atoms with Crippen LogP contribution in [0.1, 0.15) is 19.8 Å². The third-order valence-corrected chi connectivity index (χ3v) is 5.75. The Balaban J connectivity index is 2.42. The number of hydrogen-bond acceptors (Lipinski definition) is 5. The fraction of sp³-hybridized carbons (Fsp3) is 0.538. The van der Waals surface area contributed by atoms with Gasteiger partial charge in [-0.2, -0.15) is 4.31 Å². The molecule has 1 heterocycles. The summed E-state index contributed by atoms with van der Waals surface area (Å²) in [5, 5.41) is 13.9. The molecule has 2 rings (SSSR count). The van der Waals surface area contributed by atoms with Crippen molar-refractivity contribution in [2.45, 2.75) is 24.7 Å². The average Bonchev–Trinajstić information content (AvgIpc) is 2.47. The van der Waals surface area contributed by atoms with Gasteiger partial charge in [-0.15, -0.1) is 0 Å². The zero-order chi connectivity index (χ0) is 15.6. The lowest BCUT2D eigenvalue weighted by Gasteiger charge is -2.29. The molecule has 1 fully saturated rings. The van der Waals surface area contributed by atoms with Crippen LogP contribution in [0.4, 0.5) is 11.4 Å². The smallest absolute Gasteiger partial charge is 0.291 e. The molecule has 1 saturated heterocycles. The summed E-state index contributed by atoms with van der Waals surface area (Å²) >= 11 is 0. The van der Waals surface area contributed by atoms with E-state index in [-0.39, 0.29) is 10.6 Å². The van der Waals surface area contributed by atoms with Crippen molar-refractivity contribution >= 4 is 21.4 Å². The topological polar surface area (TPSA) is 92.6 Å². The van der Waals surface area contributed by atoms with E-state index in [1.54, 1.807) is 7.05 Å². The lowest BCUT2D eigenvalue weighted by atomic mass is 10.0. The van der Waals surface area contributed by atoms with Gasteiger partial charge in [0.25, 0.3) is 5.69 Å². The van der Waals surface area contributed by atoms with E-state index in [1.165, 1.54) is 22.5 Å². The van der Waals surface area contributed by atoms with E-state index in [9.17, 15) is 18.5 Å². The van der Waals surface area contributed by atoms with Crippen molar-refractivity contribution in [1.82, 2.24) is 4.31 Å². The monoisotopic (exact) mass is 313 g/mol. The maximum Gasteiger partial charge on any atom is 0.291 e. The molecule has 0 amide bonds. The Morgan fingerprint density at radius 3 is 2.48 bits per heavy atom. The minimum atomic E-state index is -3.82. The number of anilines is 1. The summed E-state index contributed by atoms with van der Waals surface area (Å²) in [5.41, 5.74) is 0.119. The molecule has 0 saturated carbocycles. The number of rotatable bonds is 4. The van der Waals surface area contributed by atoms with Gasteiger partial charge in [0, 0.05) is 31.9 Å². The van der Waals surface area contributed by atoms with Crippen LogP contribution in [0.2, 0.25) is 0 Å². The number of benzene rings is 1. The molecule has 1 aromatic carbocycles. The third kappa shape index (κ3) is 3.16. The average molecular weight is 313 g/mol. The van der Waals surface area contributed by atoms with E-state index >= 15 is 0 Å². The first-order valence-corrected chi connectivity index (χ1v) is 8.26. The molecule has 1 aliphatic rings. The van der Waals surface area contributed by atoms with E-state index in [4.69, 9.17) is 0 Å². The van der Waals surface area contributed by atoms with Crippen LogP contribution in [0.5, 0.6) is 0 Å². The molecule has 7 nitrogen and oxygen atoms in total. The molecule has 21 heavy (non-hydrogen) atoms. The fourth-order valence-corrected chi connectivity index (χ4v) is 4.01. The summed E-state index contributed by atoms with van der Waals surface area (Å²) in [6, 6.07) is 4.09. The van der Waals surface area contributed by atoms with Crippen molar-refractivity contribution in [1.29, 1.82) is 0 Å². The van der Waals surface area contributed by atoms with Crippen molar-refractivity contribution in [3.8, 4) is 0 Å². The van der Waals surface area contributed by atoms with E-state index in [2.05, 4.69) is 12.2 Å². The standard InChI is InChI=1S/C13H19N3O4S/c1-10-5-7-15(8-6-10)21(19,20)13-4-3-11(14-2)9-12(13)16(17)18/h3-4,9-10,14H,5-8H2,1-2H3. The molecule has 1 N–H and O–H groups in total. The molecule has 0 spiro atoms. The minimum absolute atomic E-state index is 0.235. The van der Waals surface area contributed by atoms with Crippen molar-refractivity contribution in [2.75, 3.05) is 25.5 Å². The SMILES string of the molecule is CNc1ccc(S(=O)(=O)N2CCC(C)CC2)c([N+](=O)[O-])c1. The summed E-state index contributed by atoms with van der Waals surface area (Å²) < 4.78 is 26.6. The number of nitrogens with one attached hydrogen (secondary N) is 1. The second-order valence-electron chi connectivity index (χ2n) is 5.28. The van der Waals surface area contributed by atoms with Gasteiger partial charge in [0.2, 0.25) is 10.0 Å². The quantitative estimate of drug-likeness (QED) is 0.678. The van der Waals surface area contributed by atoms with Crippen LogP contribution in [0, 0.1) is 16.0 Å². The number of piperidine rings is 1. The van der Waals surface area contributed by atoms with E-state index < -0.39 is 14.9 Å². The Labute approximate surface area is 124 Å². The molecule has 8 heteroatoms. The van der Waals surface area contributed by atoms with Gasteiger partial charge in [-0.05, 0) is 30.9 Å². The van der Waals surface area contributed by atoms with E-state index in [0.29, 0.717) is 24.7 Å². The summed E-state index contributed by atoms with van der Waals surface area (Å²) in [5.74, 6) is 0.484. The fourth-order valence-electron chi connectivity index (χ4n) is 2.40. The Kier molecular flexibility index (Phi) is 4.48. The van der Waals surface area contributed by atoms with Crippen LogP contribution in [-0.2, 0) is 10.0 Å². The third-order valence-electron chi connectivity index (χ3n) is 3.80. The zero-order valence-corrected chi connectivity index (χ0v) is 12.9. The first kappa shape index (κ1) is 15.7.